The van der Waals surface area contributed by atoms with Crippen LogP contribution in [0.15, 0.2) is 52.7 Å². The van der Waals surface area contributed by atoms with Crippen molar-refractivity contribution in [1.82, 2.24) is 10.3 Å². The molecule has 0 unspecified atom stereocenters. The average molecular weight is 298 g/mol. The molecule has 4 nitrogen and oxygen atoms in total. The largest absolute Gasteiger partial charge is 0.472 e. The lowest BCUT2D eigenvalue weighted by Gasteiger charge is -2.04. The van der Waals surface area contributed by atoms with Gasteiger partial charge in [0.1, 0.15) is 6.26 Å². The molecule has 21 heavy (non-hydrogen) atoms. The highest BCUT2D eigenvalue weighted by atomic mass is 32.1. The van der Waals surface area contributed by atoms with Crippen LogP contribution in [-0.4, -0.2) is 10.9 Å². The van der Waals surface area contributed by atoms with E-state index in [1.165, 1.54) is 12.5 Å². The first-order valence-electron chi connectivity index (χ1n) is 6.54. The SMILES string of the molecule is Cc1nc(-c2ccc(CNC(=O)c3ccoc3)cc2)cs1. The molecule has 0 fully saturated rings. The molecule has 1 aromatic carbocycles. The lowest BCUT2D eigenvalue weighted by molar-refractivity contribution is 0.0950. The fourth-order valence-corrected chi connectivity index (χ4v) is 2.59. The molecular formula is C16H14N2O2S. The van der Waals surface area contributed by atoms with Crippen LogP contribution >= 0.6 is 11.3 Å². The van der Waals surface area contributed by atoms with Gasteiger partial charge in [-0.3, -0.25) is 4.79 Å². The zero-order chi connectivity index (χ0) is 14.7. The molecule has 1 N–H and O–H groups in total. The summed E-state index contributed by atoms with van der Waals surface area (Å²) in [4.78, 5) is 16.2. The van der Waals surface area contributed by atoms with Crippen molar-refractivity contribution in [3.8, 4) is 11.3 Å². The van der Waals surface area contributed by atoms with Crippen LogP contribution in [0.4, 0.5) is 0 Å². The Morgan fingerprint density at radius 3 is 2.71 bits per heavy atom. The number of carbonyl (C=O) groups is 1. The van der Waals surface area contributed by atoms with Crippen molar-refractivity contribution in [2.24, 2.45) is 0 Å². The summed E-state index contributed by atoms with van der Waals surface area (Å²) in [5.74, 6) is -0.136. The van der Waals surface area contributed by atoms with E-state index in [1.54, 1.807) is 17.4 Å². The van der Waals surface area contributed by atoms with E-state index in [0.717, 1.165) is 21.8 Å². The number of benzene rings is 1. The number of hydrogen-bond donors (Lipinski definition) is 1. The molecular weight excluding hydrogens is 284 g/mol. The average Bonchev–Trinajstić information content (AvgIpc) is 3.17. The van der Waals surface area contributed by atoms with Crippen LogP contribution in [0.1, 0.15) is 20.9 Å². The summed E-state index contributed by atoms with van der Waals surface area (Å²) in [6.07, 6.45) is 2.92. The third-order valence-electron chi connectivity index (χ3n) is 3.11. The van der Waals surface area contributed by atoms with Gasteiger partial charge in [-0.15, -0.1) is 11.3 Å². The Morgan fingerprint density at radius 2 is 2.10 bits per heavy atom. The zero-order valence-electron chi connectivity index (χ0n) is 11.5. The van der Waals surface area contributed by atoms with Crippen molar-refractivity contribution in [3.05, 3.63) is 64.4 Å². The molecule has 3 rings (SSSR count). The number of thiazole rings is 1. The second-order valence-electron chi connectivity index (χ2n) is 4.64. The maximum absolute atomic E-state index is 11.8. The first-order chi connectivity index (χ1) is 10.2. The number of rotatable bonds is 4. The minimum absolute atomic E-state index is 0.136. The third-order valence-corrected chi connectivity index (χ3v) is 3.88. The molecule has 0 aliphatic rings. The van der Waals surface area contributed by atoms with Crippen LogP contribution < -0.4 is 5.32 Å². The molecule has 1 amide bonds. The maximum atomic E-state index is 11.8. The van der Waals surface area contributed by atoms with Gasteiger partial charge in [0.15, 0.2) is 0 Å². The summed E-state index contributed by atoms with van der Waals surface area (Å²) < 4.78 is 4.89. The summed E-state index contributed by atoms with van der Waals surface area (Å²) >= 11 is 1.64. The zero-order valence-corrected chi connectivity index (χ0v) is 12.3. The van der Waals surface area contributed by atoms with Gasteiger partial charge < -0.3 is 9.73 Å². The second-order valence-corrected chi connectivity index (χ2v) is 5.71. The lowest BCUT2D eigenvalue weighted by atomic mass is 10.1. The Hall–Kier alpha value is -2.40. The van der Waals surface area contributed by atoms with Crippen molar-refractivity contribution in [1.29, 1.82) is 0 Å². The highest BCUT2D eigenvalue weighted by molar-refractivity contribution is 7.09. The van der Waals surface area contributed by atoms with Crippen molar-refractivity contribution in [2.75, 3.05) is 0 Å². The summed E-state index contributed by atoms with van der Waals surface area (Å²) in [6, 6.07) is 9.68. The molecule has 0 aliphatic heterocycles. The molecule has 0 spiro atoms. The van der Waals surface area contributed by atoms with Crippen molar-refractivity contribution >= 4 is 17.2 Å². The predicted molar refractivity (Wildman–Crippen MR) is 82.2 cm³/mol. The van der Waals surface area contributed by atoms with Crippen LogP contribution in [0, 0.1) is 6.92 Å². The van der Waals surface area contributed by atoms with E-state index >= 15 is 0 Å². The number of hydrogen-bond acceptors (Lipinski definition) is 4. The molecule has 2 aromatic heterocycles. The number of nitrogens with zero attached hydrogens (tertiary/aromatic N) is 1. The van der Waals surface area contributed by atoms with Crippen LogP contribution in [0.2, 0.25) is 0 Å². The quantitative estimate of drug-likeness (QED) is 0.800. The standard InChI is InChI=1S/C16H14N2O2S/c1-11-18-15(10-21-11)13-4-2-12(3-5-13)8-17-16(19)14-6-7-20-9-14/h2-7,9-10H,8H2,1H3,(H,17,19). The molecule has 0 aliphatic carbocycles. The lowest BCUT2D eigenvalue weighted by Crippen LogP contribution is -2.22. The molecule has 0 saturated carbocycles. The first kappa shape index (κ1) is 13.6. The topological polar surface area (TPSA) is 55.1 Å². The predicted octanol–water partition coefficient (Wildman–Crippen LogP) is 3.64. The first-order valence-corrected chi connectivity index (χ1v) is 7.42. The third kappa shape index (κ3) is 3.20. The van der Waals surface area contributed by atoms with E-state index in [0.29, 0.717) is 12.1 Å². The minimum Gasteiger partial charge on any atom is -0.472 e. The van der Waals surface area contributed by atoms with Crippen molar-refractivity contribution < 1.29 is 9.21 Å². The summed E-state index contributed by atoms with van der Waals surface area (Å²) in [6.45, 7) is 2.48. The summed E-state index contributed by atoms with van der Waals surface area (Å²) in [7, 11) is 0. The van der Waals surface area contributed by atoms with E-state index in [4.69, 9.17) is 4.42 Å². The maximum Gasteiger partial charge on any atom is 0.254 e. The van der Waals surface area contributed by atoms with E-state index in [2.05, 4.69) is 10.3 Å². The smallest absolute Gasteiger partial charge is 0.254 e. The van der Waals surface area contributed by atoms with Gasteiger partial charge >= 0.3 is 0 Å². The Balaban J connectivity index is 1.63. The number of aryl methyl sites for hydroxylation is 1. The Labute approximate surface area is 126 Å². The fraction of sp³-hybridized carbons (Fsp3) is 0.125. The number of amides is 1. The van der Waals surface area contributed by atoms with Gasteiger partial charge in [0, 0.05) is 17.5 Å². The number of aromatic nitrogens is 1. The van der Waals surface area contributed by atoms with Gasteiger partial charge in [-0.2, -0.15) is 0 Å². The van der Waals surface area contributed by atoms with Crippen LogP contribution in [0.3, 0.4) is 0 Å². The van der Waals surface area contributed by atoms with Crippen molar-refractivity contribution in [3.63, 3.8) is 0 Å². The van der Waals surface area contributed by atoms with Gasteiger partial charge in [0.25, 0.3) is 5.91 Å². The molecule has 0 bridgehead atoms. The van der Waals surface area contributed by atoms with Crippen LogP contribution in [0.25, 0.3) is 11.3 Å². The minimum atomic E-state index is -0.136. The highest BCUT2D eigenvalue weighted by Gasteiger charge is 2.06. The second kappa shape index (κ2) is 5.93. The molecule has 5 heteroatoms. The number of furan rings is 1. The van der Waals surface area contributed by atoms with Gasteiger partial charge in [-0.1, -0.05) is 24.3 Å². The molecule has 3 aromatic rings. The number of carbonyl (C=O) groups excluding carboxylic acids is 1. The molecule has 0 radical (unpaired) electrons. The molecule has 106 valence electrons. The van der Waals surface area contributed by atoms with Gasteiger partial charge in [0.2, 0.25) is 0 Å². The normalized spacial score (nSPS) is 10.5. The Bertz CT molecular complexity index is 730. The number of nitrogens with one attached hydrogen (secondary N) is 1. The summed E-state index contributed by atoms with van der Waals surface area (Å²) in [5.41, 5.74) is 3.66. The van der Waals surface area contributed by atoms with Gasteiger partial charge in [-0.25, -0.2) is 4.98 Å². The van der Waals surface area contributed by atoms with Crippen molar-refractivity contribution in [2.45, 2.75) is 13.5 Å². The van der Waals surface area contributed by atoms with Crippen LogP contribution in [-0.2, 0) is 6.54 Å². The molecule has 0 atom stereocenters. The Kier molecular flexibility index (Phi) is 3.83. The summed E-state index contributed by atoms with van der Waals surface area (Å²) in [5, 5.41) is 5.96. The van der Waals surface area contributed by atoms with E-state index in [-0.39, 0.29) is 5.91 Å². The monoisotopic (exact) mass is 298 g/mol. The van der Waals surface area contributed by atoms with Crippen LogP contribution in [0.5, 0.6) is 0 Å². The van der Waals surface area contributed by atoms with E-state index in [9.17, 15) is 4.79 Å². The molecule has 2 heterocycles. The highest BCUT2D eigenvalue weighted by Crippen LogP contribution is 2.21. The van der Waals surface area contributed by atoms with E-state index in [1.807, 2.05) is 36.6 Å². The molecule has 0 saturated heterocycles. The van der Waals surface area contributed by atoms with Gasteiger partial charge in [0.05, 0.1) is 22.5 Å². The fourth-order valence-electron chi connectivity index (χ4n) is 1.97. The van der Waals surface area contributed by atoms with E-state index < -0.39 is 0 Å². The Morgan fingerprint density at radius 1 is 1.29 bits per heavy atom. The van der Waals surface area contributed by atoms with Gasteiger partial charge in [-0.05, 0) is 18.6 Å².